The fraction of sp³-hybridized carbons (Fsp3) is 0.449. The number of alkyl halides is 2. The van der Waals surface area contributed by atoms with Gasteiger partial charge in [0, 0.05) is 81.3 Å². The molecule has 6 heterocycles. The van der Waals surface area contributed by atoms with E-state index in [1.54, 1.807) is 35.1 Å². The van der Waals surface area contributed by atoms with Crippen molar-refractivity contribution in [1.82, 2.24) is 39.8 Å². The molecule has 4 amide bonds. The van der Waals surface area contributed by atoms with E-state index in [0.717, 1.165) is 82.6 Å². The molecule has 18 heteroatoms. The molecule has 1 atom stereocenters. The predicted octanol–water partition coefficient (Wildman–Crippen LogP) is 6.83. The number of imide groups is 1. The number of rotatable bonds is 16. The van der Waals surface area contributed by atoms with E-state index in [1.807, 2.05) is 6.07 Å². The molecule has 0 radical (unpaired) electrons. The van der Waals surface area contributed by atoms with Crippen LogP contribution in [0.4, 0.5) is 20.3 Å². The highest BCUT2D eigenvalue weighted by atomic mass is 19.3. The summed E-state index contributed by atoms with van der Waals surface area (Å²) in [7, 11) is 0. The van der Waals surface area contributed by atoms with Gasteiger partial charge in [0.25, 0.3) is 18.2 Å². The second-order valence-corrected chi connectivity index (χ2v) is 18.5. The molecule has 3 aromatic heterocycles. The van der Waals surface area contributed by atoms with E-state index < -0.39 is 30.0 Å². The molecule has 1 unspecified atom stereocenters. The number of pyridine rings is 1. The molecule has 0 bridgehead atoms. The van der Waals surface area contributed by atoms with Crippen LogP contribution >= 0.6 is 0 Å². The number of aromatic nitrogens is 4. The SMILES string of the molecule is O=C1CCC(N2Cc3c(OCc4ccc(CN5CCN(CC6CCC(n7cc(NC(=O)c8coc(-c9ccnc(NCC%10CC%10)c9)n8)c(C(F)F)n7)CC6)CC5)cc4)cccc3C2=O)C(=O)N1. The molecule has 2 saturated heterocycles. The molecule has 2 saturated carbocycles. The number of amides is 4. The van der Waals surface area contributed by atoms with Crippen LogP contribution in [0.1, 0.15) is 107 Å². The van der Waals surface area contributed by atoms with Crippen molar-refractivity contribution < 1.29 is 37.1 Å². The van der Waals surface area contributed by atoms with Crippen molar-refractivity contribution in [3.63, 3.8) is 0 Å². The van der Waals surface area contributed by atoms with E-state index in [0.29, 0.717) is 47.6 Å². The van der Waals surface area contributed by atoms with Gasteiger partial charge >= 0.3 is 0 Å². The summed E-state index contributed by atoms with van der Waals surface area (Å²) in [5, 5.41) is 12.5. The van der Waals surface area contributed by atoms with Crippen LogP contribution in [0.25, 0.3) is 11.5 Å². The highest BCUT2D eigenvalue weighted by Gasteiger charge is 2.40. The van der Waals surface area contributed by atoms with Crippen LogP contribution in [-0.4, -0.2) is 103 Å². The number of oxazole rings is 1. The lowest BCUT2D eigenvalue weighted by Crippen LogP contribution is -2.52. The van der Waals surface area contributed by atoms with Gasteiger partial charge in [0.05, 0.1) is 18.3 Å². The molecular formula is C49H54F2N10O6. The predicted molar refractivity (Wildman–Crippen MR) is 242 cm³/mol. The van der Waals surface area contributed by atoms with Crippen molar-refractivity contribution in [2.75, 3.05) is 49.9 Å². The number of nitrogens with zero attached hydrogens (tertiary/aromatic N) is 7. The zero-order chi connectivity index (χ0) is 46.0. The molecule has 16 nitrogen and oxygen atoms in total. The van der Waals surface area contributed by atoms with Crippen LogP contribution < -0.4 is 20.7 Å². The van der Waals surface area contributed by atoms with E-state index >= 15 is 0 Å². The second kappa shape index (κ2) is 19.4. The third kappa shape index (κ3) is 10.2. The largest absolute Gasteiger partial charge is 0.489 e. The summed E-state index contributed by atoms with van der Waals surface area (Å²) in [6.07, 6.45) is 8.02. The van der Waals surface area contributed by atoms with Crippen LogP contribution in [0.15, 0.2) is 77.7 Å². The fourth-order valence-corrected chi connectivity index (χ4v) is 9.72. The van der Waals surface area contributed by atoms with Gasteiger partial charge in [-0.1, -0.05) is 30.3 Å². The van der Waals surface area contributed by atoms with Crippen molar-refractivity contribution in [2.45, 2.75) is 89.6 Å². The van der Waals surface area contributed by atoms with E-state index in [1.165, 1.54) is 35.8 Å². The molecule has 3 N–H and O–H groups in total. The quantitative estimate of drug-likeness (QED) is 0.0880. The number of benzene rings is 2. The van der Waals surface area contributed by atoms with Crippen molar-refractivity contribution in [3.05, 3.63) is 107 Å². The number of hydrogen-bond donors (Lipinski definition) is 3. The van der Waals surface area contributed by atoms with Gasteiger partial charge in [-0.15, -0.1) is 0 Å². The number of piperazine rings is 1. The zero-order valence-corrected chi connectivity index (χ0v) is 37.2. The van der Waals surface area contributed by atoms with E-state index in [-0.39, 0.29) is 48.1 Å². The topological polar surface area (TPSA) is 180 Å². The Hall–Kier alpha value is -6.53. The molecule has 5 aromatic rings. The number of ether oxygens (including phenoxy) is 1. The molecule has 3 aliphatic heterocycles. The summed E-state index contributed by atoms with van der Waals surface area (Å²) < 4.78 is 41.8. The second-order valence-electron chi connectivity index (χ2n) is 18.5. The summed E-state index contributed by atoms with van der Waals surface area (Å²) in [4.78, 5) is 65.8. The number of halogens is 2. The van der Waals surface area contributed by atoms with E-state index in [4.69, 9.17) is 9.15 Å². The van der Waals surface area contributed by atoms with Crippen LogP contribution in [0.3, 0.4) is 0 Å². The third-order valence-corrected chi connectivity index (χ3v) is 13.8. The minimum atomic E-state index is -2.86. The number of hydrogen-bond acceptors (Lipinski definition) is 12. The van der Waals surface area contributed by atoms with Crippen molar-refractivity contribution >= 4 is 35.1 Å². The van der Waals surface area contributed by atoms with Crippen molar-refractivity contribution in [2.24, 2.45) is 11.8 Å². The maximum absolute atomic E-state index is 14.2. The Bertz CT molecular complexity index is 2620. The lowest BCUT2D eigenvalue weighted by atomic mass is 9.85. The van der Waals surface area contributed by atoms with Gasteiger partial charge in [-0.05, 0) is 92.2 Å². The minimum absolute atomic E-state index is 0.0250. The zero-order valence-electron chi connectivity index (χ0n) is 37.2. The Morgan fingerprint density at radius 2 is 1.67 bits per heavy atom. The van der Waals surface area contributed by atoms with E-state index in [2.05, 4.69) is 65.1 Å². The number of carbonyl (C=O) groups excluding carboxylic acids is 4. The third-order valence-electron chi connectivity index (χ3n) is 13.8. The molecular weight excluding hydrogens is 863 g/mol. The van der Waals surface area contributed by atoms with Crippen molar-refractivity contribution in [3.8, 4) is 17.2 Å². The number of anilines is 2. The smallest absolute Gasteiger partial charge is 0.284 e. The molecule has 10 rings (SSSR count). The lowest BCUT2D eigenvalue weighted by Gasteiger charge is -2.38. The number of piperidine rings is 1. The van der Waals surface area contributed by atoms with Gasteiger partial charge < -0.3 is 29.6 Å². The summed E-state index contributed by atoms with van der Waals surface area (Å²) in [5.41, 5.74) is 3.63. The maximum atomic E-state index is 14.2. The average molecular weight is 917 g/mol. The summed E-state index contributed by atoms with van der Waals surface area (Å²) in [5.74, 6) is 1.08. The van der Waals surface area contributed by atoms with Crippen LogP contribution in [0, 0.1) is 11.8 Å². The van der Waals surface area contributed by atoms with Crippen LogP contribution in [0.2, 0.25) is 0 Å². The highest BCUT2D eigenvalue weighted by molar-refractivity contribution is 6.06. The van der Waals surface area contributed by atoms with Crippen LogP contribution in [-0.2, 0) is 29.3 Å². The number of nitrogens with one attached hydrogen (secondary N) is 3. The molecule has 350 valence electrons. The van der Waals surface area contributed by atoms with Gasteiger partial charge in [-0.3, -0.25) is 34.1 Å². The standard InChI is InChI=1S/C49H54F2N10O6/c50-45(51)44-38(54-46(63)39-29-67-48(55-39)34-16-17-52-42(22-34)53-23-30-4-5-30)27-61(57-44)35-12-10-32(11-13-35)25-59-20-18-58(19-21-59)24-31-6-8-33(9-7-31)28-66-41-3-1-2-36-37(41)26-60(49(36)65)40-14-15-43(62)56-47(40)64/h1-3,6-9,16-17,22,27,29-30,32,35,40,45H,4-5,10-15,18-21,23-26,28H2,(H,52,53)(H,54,63)(H,56,62,64). The van der Waals surface area contributed by atoms with Gasteiger partial charge in [-0.2, -0.15) is 5.10 Å². The molecule has 2 aliphatic carbocycles. The Morgan fingerprint density at radius 1 is 0.910 bits per heavy atom. The van der Waals surface area contributed by atoms with Gasteiger partial charge in [0.2, 0.25) is 17.7 Å². The lowest BCUT2D eigenvalue weighted by molar-refractivity contribution is -0.136. The minimum Gasteiger partial charge on any atom is -0.489 e. The normalized spacial score (nSPS) is 21.4. The highest BCUT2D eigenvalue weighted by Crippen LogP contribution is 2.37. The Morgan fingerprint density at radius 3 is 2.43 bits per heavy atom. The summed E-state index contributed by atoms with van der Waals surface area (Å²) in [6.45, 7) is 7.17. The first kappa shape index (κ1) is 44.3. The van der Waals surface area contributed by atoms with Crippen molar-refractivity contribution in [1.29, 1.82) is 0 Å². The fourth-order valence-electron chi connectivity index (χ4n) is 9.72. The molecule has 4 fully saturated rings. The molecule has 67 heavy (non-hydrogen) atoms. The Labute approximate surface area is 386 Å². The Balaban J connectivity index is 0.656. The van der Waals surface area contributed by atoms with Gasteiger partial charge in [0.15, 0.2) is 11.4 Å². The maximum Gasteiger partial charge on any atom is 0.284 e. The first-order chi connectivity index (χ1) is 32.6. The first-order valence-corrected chi connectivity index (χ1v) is 23.4. The van der Waals surface area contributed by atoms with Crippen LogP contribution in [0.5, 0.6) is 5.75 Å². The van der Waals surface area contributed by atoms with Gasteiger partial charge in [0.1, 0.15) is 30.5 Å². The summed E-state index contributed by atoms with van der Waals surface area (Å²) >= 11 is 0. The first-order valence-electron chi connectivity index (χ1n) is 23.4. The Kier molecular flexibility index (Phi) is 12.8. The number of carbonyl (C=O) groups is 4. The van der Waals surface area contributed by atoms with E-state index in [9.17, 15) is 28.0 Å². The monoisotopic (exact) mass is 916 g/mol. The molecule has 0 spiro atoms. The number of fused-ring (bicyclic) bond motifs is 1. The molecule has 2 aromatic carbocycles. The summed E-state index contributed by atoms with van der Waals surface area (Å²) in [6, 6.07) is 16.6. The molecule has 5 aliphatic rings. The van der Waals surface area contributed by atoms with Gasteiger partial charge in [-0.25, -0.2) is 18.7 Å². The average Bonchev–Trinajstić information content (AvgIpc) is 3.68.